The van der Waals surface area contributed by atoms with Crippen molar-refractivity contribution in [2.24, 2.45) is 0 Å². The molecule has 0 radical (unpaired) electrons. The molecule has 7 heteroatoms. The topological polar surface area (TPSA) is 41.6 Å². The number of nitrogens with one attached hydrogen (secondary N) is 1. The van der Waals surface area contributed by atoms with E-state index in [9.17, 15) is 9.18 Å². The van der Waals surface area contributed by atoms with Gasteiger partial charge in [-0.15, -0.1) is 0 Å². The van der Waals surface area contributed by atoms with Gasteiger partial charge in [0.1, 0.15) is 5.82 Å². The molecule has 1 saturated heterocycles. The number of nitrogens with zero attached hydrogens (tertiary/aromatic N) is 1. The van der Waals surface area contributed by atoms with Gasteiger partial charge in [0.05, 0.1) is 6.10 Å². The number of Topliss-reactive ketones (excluding diaryl/α,β-unsaturated/α-hetero) is 1. The molecule has 1 heterocycles. The summed E-state index contributed by atoms with van der Waals surface area (Å²) in [6.45, 7) is 3.03. The van der Waals surface area contributed by atoms with E-state index in [1.165, 1.54) is 13.0 Å². The maximum Gasteiger partial charge on any atom is 0.173 e. The Morgan fingerprint density at radius 3 is 2.68 bits per heavy atom. The third-order valence-corrected chi connectivity index (χ3v) is 5.40. The number of halogens is 2. The molecule has 28 heavy (non-hydrogen) atoms. The van der Waals surface area contributed by atoms with Crippen molar-refractivity contribution in [1.82, 2.24) is 4.90 Å². The van der Waals surface area contributed by atoms with E-state index in [1.807, 2.05) is 4.90 Å². The fourth-order valence-electron chi connectivity index (χ4n) is 3.12. The summed E-state index contributed by atoms with van der Waals surface area (Å²) in [6, 6.07) is 11.7. The standard InChI is InChI=1S/C21H22ClFN2O2S/c1-14(26)15-7-9-16(10-8-15)24-21(28)25(12-17-4-3-11-27-17)13-18-19(22)5-2-6-20(18)23/h2,5-10,17H,3-4,11-13H2,1H3,(H,24,28). The van der Waals surface area contributed by atoms with Crippen molar-refractivity contribution in [3.63, 3.8) is 0 Å². The number of hydrogen-bond donors (Lipinski definition) is 1. The van der Waals surface area contributed by atoms with Gasteiger partial charge < -0.3 is 15.0 Å². The van der Waals surface area contributed by atoms with Crippen molar-refractivity contribution in [3.8, 4) is 0 Å². The van der Waals surface area contributed by atoms with E-state index in [0.29, 0.717) is 27.8 Å². The van der Waals surface area contributed by atoms with Crippen LogP contribution in [0.15, 0.2) is 42.5 Å². The molecular formula is C21H22ClFN2O2S. The van der Waals surface area contributed by atoms with E-state index in [4.69, 9.17) is 28.6 Å². The lowest BCUT2D eigenvalue weighted by molar-refractivity contribution is 0.0903. The second-order valence-electron chi connectivity index (χ2n) is 6.78. The summed E-state index contributed by atoms with van der Waals surface area (Å²) in [5.74, 6) is -0.359. The van der Waals surface area contributed by atoms with Gasteiger partial charge in [0.2, 0.25) is 0 Å². The molecule has 1 aliphatic rings. The average molecular weight is 421 g/mol. The van der Waals surface area contributed by atoms with Crippen molar-refractivity contribution in [3.05, 3.63) is 64.4 Å². The molecule has 1 unspecified atom stereocenters. The highest BCUT2D eigenvalue weighted by Gasteiger charge is 2.23. The highest BCUT2D eigenvalue weighted by atomic mass is 35.5. The average Bonchev–Trinajstić information content (AvgIpc) is 3.17. The van der Waals surface area contributed by atoms with Crippen LogP contribution in [0.2, 0.25) is 5.02 Å². The van der Waals surface area contributed by atoms with Crippen LogP contribution in [0.4, 0.5) is 10.1 Å². The number of carbonyl (C=O) groups is 1. The molecule has 0 bridgehead atoms. The molecule has 2 aromatic rings. The molecule has 1 aliphatic heterocycles. The molecule has 1 N–H and O–H groups in total. The van der Waals surface area contributed by atoms with Crippen LogP contribution in [0.25, 0.3) is 0 Å². The third kappa shape index (κ3) is 5.28. The summed E-state index contributed by atoms with van der Waals surface area (Å²) >= 11 is 11.8. The van der Waals surface area contributed by atoms with Crippen LogP contribution in [0.3, 0.4) is 0 Å². The minimum absolute atomic E-state index is 0.00308. The maximum atomic E-state index is 14.3. The predicted molar refractivity (Wildman–Crippen MR) is 113 cm³/mol. The van der Waals surface area contributed by atoms with E-state index < -0.39 is 0 Å². The summed E-state index contributed by atoms with van der Waals surface area (Å²) in [5.41, 5.74) is 1.79. The Balaban J connectivity index is 1.76. The normalized spacial score (nSPS) is 16.0. The molecule has 0 aliphatic carbocycles. The summed E-state index contributed by atoms with van der Waals surface area (Å²) in [5, 5.41) is 3.98. The molecular weight excluding hydrogens is 399 g/mol. The lowest BCUT2D eigenvalue weighted by atomic mass is 10.1. The van der Waals surface area contributed by atoms with Crippen LogP contribution in [0, 0.1) is 5.82 Å². The summed E-state index contributed by atoms with van der Waals surface area (Å²) in [4.78, 5) is 13.3. The fourth-order valence-corrected chi connectivity index (χ4v) is 3.60. The Morgan fingerprint density at radius 2 is 2.07 bits per heavy atom. The first-order valence-corrected chi connectivity index (χ1v) is 9.94. The van der Waals surface area contributed by atoms with Gasteiger partial charge in [0.25, 0.3) is 0 Å². The number of anilines is 1. The Hall–Kier alpha value is -2.02. The van der Waals surface area contributed by atoms with Crippen LogP contribution < -0.4 is 5.32 Å². The third-order valence-electron chi connectivity index (χ3n) is 4.69. The molecule has 148 valence electrons. The van der Waals surface area contributed by atoms with E-state index in [2.05, 4.69) is 5.32 Å². The monoisotopic (exact) mass is 420 g/mol. The van der Waals surface area contributed by atoms with Crippen molar-refractivity contribution >= 4 is 40.4 Å². The zero-order valence-corrected chi connectivity index (χ0v) is 17.2. The van der Waals surface area contributed by atoms with Crippen molar-refractivity contribution in [2.45, 2.75) is 32.4 Å². The minimum Gasteiger partial charge on any atom is -0.376 e. The van der Waals surface area contributed by atoms with Crippen LogP contribution >= 0.6 is 23.8 Å². The quantitative estimate of drug-likeness (QED) is 0.522. The molecule has 1 atom stereocenters. The molecule has 1 fully saturated rings. The Labute approximate surface area is 174 Å². The van der Waals surface area contributed by atoms with Gasteiger partial charge >= 0.3 is 0 Å². The van der Waals surface area contributed by atoms with Gasteiger partial charge in [-0.3, -0.25) is 4.79 Å². The SMILES string of the molecule is CC(=O)c1ccc(NC(=S)N(Cc2c(F)cccc2Cl)CC2CCCO2)cc1. The second kappa shape index (κ2) is 9.45. The highest BCUT2D eigenvalue weighted by Crippen LogP contribution is 2.23. The van der Waals surface area contributed by atoms with Gasteiger partial charge in [-0.05, 0) is 68.4 Å². The van der Waals surface area contributed by atoms with E-state index in [1.54, 1.807) is 36.4 Å². The summed E-state index contributed by atoms with van der Waals surface area (Å²) in [6.07, 6.45) is 1.99. The molecule has 3 rings (SSSR count). The van der Waals surface area contributed by atoms with E-state index >= 15 is 0 Å². The number of hydrogen-bond acceptors (Lipinski definition) is 3. The van der Waals surface area contributed by atoms with Crippen LogP contribution in [0.1, 0.15) is 35.7 Å². The first kappa shape index (κ1) is 20.7. The minimum atomic E-state index is -0.363. The molecule has 4 nitrogen and oxygen atoms in total. The molecule has 2 aromatic carbocycles. The molecule has 0 spiro atoms. The number of carbonyl (C=O) groups excluding carboxylic acids is 1. The van der Waals surface area contributed by atoms with Crippen LogP contribution in [0.5, 0.6) is 0 Å². The van der Waals surface area contributed by atoms with Crippen LogP contribution in [-0.4, -0.2) is 35.1 Å². The van der Waals surface area contributed by atoms with Crippen molar-refractivity contribution in [2.75, 3.05) is 18.5 Å². The molecule has 0 amide bonds. The Morgan fingerprint density at radius 1 is 1.32 bits per heavy atom. The Bertz CT molecular complexity index is 834. The molecule has 0 saturated carbocycles. The zero-order valence-electron chi connectivity index (χ0n) is 15.6. The highest BCUT2D eigenvalue weighted by molar-refractivity contribution is 7.80. The number of ether oxygens (including phenoxy) is 1. The number of benzene rings is 2. The van der Waals surface area contributed by atoms with Crippen molar-refractivity contribution < 1.29 is 13.9 Å². The summed E-state index contributed by atoms with van der Waals surface area (Å²) in [7, 11) is 0. The van der Waals surface area contributed by atoms with E-state index in [0.717, 1.165) is 25.1 Å². The summed E-state index contributed by atoms with van der Waals surface area (Å²) < 4.78 is 20.0. The molecule has 0 aromatic heterocycles. The maximum absolute atomic E-state index is 14.3. The number of thiocarbonyl (C=S) groups is 1. The van der Waals surface area contributed by atoms with Gasteiger partial charge in [0, 0.05) is 41.5 Å². The van der Waals surface area contributed by atoms with Gasteiger partial charge in [-0.1, -0.05) is 17.7 Å². The largest absolute Gasteiger partial charge is 0.376 e. The lowest BCUT2D eigenvalue weighted by Crippen LogP contribution is -2.39. The van der Waals surface area contributed by atoms with Crippen molar-refractivity contribution in [1.29, 1.82) is 0 Å². The number of ketones is 1. The van der Waals surface area contributed by atoms with Gasteiger partial charge in [-0.2, -0.15) is 0 Å². The zero-order chi connectivity index (χ0) is 20.1. The number of rotatable bonds is 6. The second-order valence-corrected chi connectivity index (χ2v) is 7.57. The fraction of sp³-hybridized carbons (Fsp3) is 0.333. The first-order valence-electron chi connectivity index (χ1n) is 9.15. The Kier molecular flexibility index (Phi) is 6.99. The predicted octanol–water partition coefficient (Wildman–Crippen LogP) is 5.06. The van der Waals surface area contributed by atoms with Crippen LogP contribution in [-0.2, 0) is 11.3 Å². The lowest BCUT2D eigenvalue weighted by Gasteiger charge is -2.29. The van der Waals surface area contributed by atoms with Gasteiger partial charge in [-0.25, -0.2) is 4.39 Å². The van der Waals surface area contributed by atoms with Gasteiger partial charge in [0.15, 0.2) is 10.9 Å². The smallest absolute Gasteiger partial charge is 0.173 e. The first-order chi connectivity index (χ1) is 13.4. The van der Waals surface area contributed by atoms with E-state index in [-0.39, 0.29) is 24.2 Å².